The second-order valence-corrected chi connectivity index (χ2v) is 7.34. The highest BCUT2D eigenvalue weighted by Gasteiger charge is 2.31. The summed E-state index contributed by atoms with van der Waals surface area (Å²) in [6.07, 6.45) is 0. The maximum Gasteiger partial charge on any atom is 0.273 e. The van der Waals surface area contributed by atoms with E-state index >= 15 is 0 Å². The van der Waals surface area contributed by atoms with Crippen molar-refractivity contribution >= 4 is 11.6 Å². The molecule has 3 rings (SSSR count). The van der Waals surface area contributed by atoms with Gasteiger partial charge in [-0.25, -0.2) is 10.0 Å². The van der Waals surface area contributed by atoms with E-state index in [0.29, 0.717) is 6.54 Å². The molecule has 0 spiro atoms. The van der Waals surface area contributed by atoms with Gasteiger partial charge in [0, 0.05) is 24.7 Å². The van der Waals surface area contributed by atoms with Gasteiger partial charge in [0.15, 0.2) is 0 Å². The molecule has 4 heteroatoms. The van der Waals surface area contributed by atoms with Crippen molar-refractivity contribution in [1.82, 2.24) is 5.01 Å². The first kappa shape index (κ1) is 16.7. The Kier molecular flexibility index (Phi) is 4.20. The monoisotopic (exact) mass is 324 g/mol. The molecular weight excluding hydrogens is 300 g/mol. The van der Waals surface area contributed by atoms with E-state index < -0.39 is 0 Å². The van der Waals surface area contributed by atoms with Crippen molar-refractivity contribution in [2.45, 2.75) is 39.3 Å². The van der Waals surface area contributed by atoms with Crippen LogP contribution in [0.15, 0.2) is 42.5 Å². The lowest BCUT2D eigenvalue weighted by Gasteiger charge is -2.38. The fraction of sp³-hybridized carbons (Fsp3) is 0.350. The molecule has 0 saturated heterocycles. The summed E-state index contributed by atoms with van der Waals surface area (Å²) in [5.41, 5.74) is 4.54. The molecule has 1 aliphatic rings. The van der Waals surface area contributed by atoms with Crippen LogP contribution in [-0.2, 0) is 18.6 Å². The van der Waals surface area contributed by atoms with Crippen molar-refractivity contribution in [3.8, 4) is 0 Å². The maximum absolute atomic E-state index is 13.1. The van der Waals surface area contributed by atoms with Crippen molar-refractivity contribution in [1.29, 1.82) is 0 Å². The number of hydrogen-bond donors (Lipinski definition) is 1. The molecule has 0 unspecified atom stereocenters. The lowest BCUT2D eigenvalue weighted by molar-refractivity contribution is 0.0885. The number of carbonyl (C=O) groups is 1. The number of amides is 1. The third kappa shape index (κ3) is 2.83. The minimum Gasteiger partial charge on any atom is -0.392 e. The molecule has 0 bridgehead atoms. The highest BCUT2D eigenvalue weighted by Crippen LogP contribution is 2.32. The van der Waals surface area contributed by atoms with Gasteiger partial charge < -0.3 is 5.11 Å². The SMILES string of the molecule is CN1Cc2cc(C(C)(C)C)ccc2C(=O)N1c1ccccc1CO. The number of fused-ring (bicyclic) bond motifs is 1. The molecule has 0 aromatic heterocycles. The summed E-state index contributed by atoms with van der Waals surface area (Å²) >= 11 is 0. The first-order valence-electron chi connectivity index (χ1n) is 8.20. The van der Waals surface area contributed by atoms with E-state index in [4.69, 9.17) is 0 Å². The van der Waals surface area contributed by atoms with Gasteiger partial charge in [-0.3, -0.25) is 4.79 Å². The predicted molar refractivity (Wildman–Crippen MR) is 95.8 cm³/mol. The van der Waals surface area contributed by atoms with E-state index in [-0.39, 0.29) is 17.9 Å². The highest BCUT2D eigenvalue weighted by atomic mass is 16.3. The molecule has 4 nitrogen and oxygen atoms in total. The van der Waals surface area contributed by atoms with Crippen molar-refractivity contribution < 1.29 is 9.90 Å². The second kappa shape index (κ2) is 6.04. The Hall–Kier alpha value is -2.17. The molecule has 2 aromatic carbocycles. The van der Waals surface area contributed by atoms with Crippen LogP contribution < -0.4 is 5.01 Å². The van der Waals surface area contributed by atoms with E-state index in [1.807, 2.05) is 48.5 Å². The third-order valence-electron chi connectivity index (χ3n) is 4.52. The molecule has 0 aliphatic carbocycles. The Labute approximate surface area is 143 Å². The van der Waals surface area contributed by atoms with Gasteiger partial charge in [-0.1, -0.05) is 51.1 Å². The quantitative estimate of drug-likeness (QED) is 0.920. The lowest BCUT2D eigenvalue weighted by atomic mass is 9.84. The summed E-state index contributed by atoms with van der Waals surface area (Å²) in [6, 6.07) is 13.6. The average Bonchev–Trinajstić information content (AvgIpc) is 2.54. The summed E-state index contributed by atoms with van der Waals surface area (Å²) in [5.74, 6) is -0.0555. The Bertz CT molecular complexity index is 777. The van der Waals surface area contributed by atoms with Gasteiger partial charge in [-0.2, -0.15) is 0 Å². The Balaban J connectivity index is 2.05. The molecule has 0 saturated carbocycles. The summed E-state index contributed by atoms with van der Waals surface area (Å²) in [7, 11) is 1.90. The van der Waals surface area contributed by atoms with Gasteiger partial charge in [0.1, 0.15) is 0 Å². The normalized spacial score (nSPS) is 15.5. The molecule has 0 atom stereocenters. The number of aliphatic hydroxyl groups is 1. The van der Waals surface area contributed by atoms with Gasteiger partial charge in [-0.15, -0.1) is 0 Å². The van der Waals surface area contributed by atoms with Crippen LogP contribution in [0.25, 0.3) is 0 Å². The van der Waals surface area contributed by atoms with E-state index in [1.165, 1.54) is 5.56 Å². The standard InChI is InChI=1S/C20H24N2O2/c1-20(2,3)16-9-10-17-15(11-16)12-21(4)22(19(17)24)18-8-6-5-7-14(18)13-23/h5-11,23H,12-13H2,1-4H3. The number of hydrazine groups is 1. The summed E-state index contributed by atoms with van der Waals surface area (Å²) in [4.78, 5) is 13.1. The molecule has 2 aromatic rings. The molecule has 126 valence electrons. The van der Waals surface area contributed by atoms with Crippen molar-refractivity contribution in [2.24, 2.45) is 0 Å². The molecular formula is C20H24N2O2. The highest BCUT2D eigenvalue weighted by molar-refractivity contribution is 6.07. The van der Waals surface area contributed by atoms with E-state index in [9.17, 15) is 9.90 Å². The van der Waals surface area contributed by atoms with Crippen molar-refractivity contribution in [3.05, 3.63) is 64.7 Å². The zero-order valence-corrected chi connectivity index (χ0v) is 14.7. The fourth-order valence-electron chi connectivity index (χ4n) is 3.13. The smallest absolute Gasteiger partial charge is 0.273 e. The Morgan fingerprint density at radius 2 is 1.83 bits per heavy atom. The van der Waals surface area contributed by atoms with Gasteiger partial charge in [-0.05, 0) is 28.7 Å². The van der Waals surface area contributed by atoms with Gasteiger partial charge in [0.25, 0.3) is 5.91 Å². The van der Waals surface area contributed by atoms with Crippen LogP contribution in [0.2, 0.25) is 0 Å². The minimum atomic E-state index is -0.0936. The number of aliphatic hydroxyl groups excluding tert-OH is 1. The number of benzene rings is 2. The molecule has 0 radical (unpaired) electrons. The Morgan fingerprint density at radius 1 is 1.12 bits per heavy atom. The second-order valence-electron chi connectivity index (χ2n) is 7.34. The molecule has 1 N–H and O–H groups in total. The van der Waals surface area contributed by atoms with Crippen LogP contribution in [0.1, 0.15) is 47.8 Å². The van der Waals surface area contributed by atoms with Crippen molar-refractivity contribution in [2.75, 3.05) is 12.1 Å². The van der Waals surface area contributed by atoms with Crippen LogP contribution in [0, 0.1) is 0 Å². The van der Waals surface area contributed by atoms with Crippen LogP contribution >= 0.6 is 0 Å². The predicted octanol–water partition coefficient (Wildman–Crippen LogP) is 3.48. The topological polar surface area (TPSA) is 43.8 Å². The van der Waals surface area contributed by atoms with Gasteiger partial charge in [0.05, 0.1) is 12.3 Å². The zero-order chi connectivity index (χ0) is 17.5. The number of rotatable bonds is 2. The van der Waals surface area contributed by atoms with Crippen LogP contribution in [0.4, 0.5) is 5.69 Å². The first-order valence-corrected chi connectivity index (χ1v) is 8.20. The molecule has 24 heavy (non-hydrogen) atoms. The van der Waals surface area contributed by atoms with E-state index in [0.717, 1.165) is 22.4 Å². The summed E-state index contributed by atoms with van der Waals surface area (Å²) in [6.45, 7) is 7.08. The van der Waals surface area contributed by atoms with Gasteiger partial charge >= 0.3 is 0 Å². The molecule has 0 fully saturated rings. The first-order chi connectivity index (χ1) is 11.3. The molecule has 1 heterocycles. The van der Waals surface area contributed by atoms with Crippen molar-refractivity contribution in [3.63, 3.8) is 0 Å². The average molecular weight is 324 g/mol. The minimum absolute atomic E-state index is 0.0528. The Morgan fingerprint density at radius 3 is 2.50 bits per heavy atom. The molecule has 1 amide bonds. The van der Waals surface area contributed by atoms with Gasteiger partial charge in [0.2, 0.25) is 0 Å². The number of para-hydroxylation sites is 1. The van der Waals surface area contributed by atoms with E-state index in [1.54, 1.807) is 5.01 Å². The van der Waals surface area contributed by atoms with Crippen LogP contribution in [0.3, 0.4) is 0 Å². The summed E-state index contributed by atoms with van der Waals surface area (Å²) < 4.78 is 0. The van der Waals surface area contributed by atoms with Crippen LogP contribution in [0.5, 0.6) is 0 Å². The molecule has 1 aliphatic heterocycles. The number of nitrogens with zero attached hydrogens (tertiary/aromatic N) is 2. The maximum atomic E-state index is 13.1. The largest absolute Gasteiger partial charge is 0.392 e. The lowest BCUT2D eigenvalue weighted by Crippen LogP contribution is -2.48. The number of hydrogen-bond acceptors (Lipinski definition) is 3. The number of anilines is 1. The van der Waals surface area contributed by atoms with Crippen LogP contribution in [-0.4, -0.2) is 23.1 Å². The van der Waals surface area contributed by atoms with E-state index in [2.05, 4.69) is 26.8 Å². The number of carbonyl (C=O) groups excluding carboxylic acids is 1. The fourth-order valence-corrected chi connectivity index (χ4v) is 3.13. The zero-order valence-electron chi connectivity index (χ0n) is 14.7. The summed E-state index contributed by atoms with van der Waals surface area (Å²) in [5, 5.41) is 13.2. The third-order valence-corrected chi connectivity index (χ3v) is 4.52.